The Bertz CT molecular complexity index is 1060. The van der Waals surface area contributed by atoms with Crippen molar-refractivity contribution < 1.29 is 9.18 Å². The number of nitrogens with zero attached hydrogens (tertiary/aromatic N) is 3. The molecule has 2 amide bonds. The van der Waals surface area contributed by atoms with Crippen LogP contribution in [-0.2, 0) is 6.54 Å². The van der Waals surface area contributed by atoms with Gasteiger partial charge in [0, 0.05) is 64.7 Å². The first-order valence-corrected chi connectivity index (χ1v) is 12.1. The quantitative estimate of drug-likeness (QED) is 0.511. The minimum absolute atomic E-state index is 0.0593. The van der Waals surface area contributed by atoms with Gasteiger partial charge in [0.15, 0.2) is 0 Å². The molecule has 0 aliphatic carbocycles. The Balaban J connectivity index is 1.40. The van der Waals surface area contributed by atoms with Crippen molar-refractivity contribution in [2.45, 2.75) is 12.6 Å². The number of carbonyl (C=O) groups is 1. The molecule has 0 radical (unpaired) electrons. The van der Waals surface area contributed by atoms with Crippen molar-refractivity contribution >= 4 is 17.4 Å². The van der Waals surface area contributed by atoms with Crippen molar-refractivity contribution in [1.29, 1.82) is 0 Å². The molecule has 3 aromatic carbocycles. The first-order chi connectivity index (χ1) is 17.0. The Kier molecular flexibility index (Phi) is 8.21. The lowest BCUT2D eigenvalue weighted by atomic mass is 10.0. The second-order valence-electron chi connectivity index (χ2n) is 9.05. The number of amides is 2. The monoisotopic (exact) mass is 475 g/mol. The highest BCUT2D eigenvalue weighted by molar-refractivity contribution is 5.73. The van der Waals surface area contributed by atoms with E-state index >= 15 is 0 Å². The second-order valence-corrected chi connectivity index (χ2v) is 9.05. The Morgan fingerprint density at radius 3 is 2.17 bits per heavy atom. The lowest BCUT2D eigenvalue weighted by Gasteiger charge is -2.40. The highest BCUT2D eigenvalue weighted by Crippen LogP contribution is 2.26. The molecule has 3 aromatic rings. The van der Waals surface area contributed by atoms with Crippen molar-refractivity contribution in [3.8, 4) is 0 Å². The molecule has 6 nitrogen and oxygen atoms in total. The van der Waals surface area contributed by atoms with Crippen LogP contribution in [0.5, 0.6) is 0 Å². The van der Waals surface area contributed by atoms with Crippen LogP contribution in [0.2, 0.25) is 0 Å². The second kappa shape index (κ2) is 11.7. The summed E-state index contributed by atoms with van der Waals surface area (Å²) < 4.78 is 13.3. The summed E-state index contributed by atoms with van der Waals surface area (Å²) in [5.41, 5.74) is 4.42. The molecule has 184 valence electrons. The number of halogens is 1. The van der Waals surface area contributed by atoms with Crippen LogP contribution in [0.4, 0.5) is 20.6 Å². The van der Waals surface area contributed by atoms with Gasteiger partial charge in [-0.2, -0.15) is 0 Å². The highest BCUT2D eigenvalue weighted by Gasteiger charge is 2.26. The average Bonchev–Trinajstić information content (AvgIpc) is 2.89. The van der Waals surface area contributed by atoms with E-state index < -0.39 is 0 Å². The maximum Gasteiger partial charge on any atom is 0.315 e. The third kappa shape index (κ3) is 6.73. The van der Waals surface area contributed by atoms with Crippen molar-refractivity contribution in [3.63, 3.8) is 0 Å². The maximum atomic E-state index is 13.3. The fraction of sp³-hybridized carbons (Fsp3) is 0.321. The largest absolute Gasteiger partial charge is 0.378 e. The molecular formula is C28H34FN5O. The number of piperazine rings is 1. The van der Waals surface area contributed by atoms with Crippen LogP contribution in [0.15, 0.2) is 78.9 Å². The molecule has 1 aliphatic rings. The molecule has 35 heavy (non-hydrogen) atoms. The summed E-state index contributed by atoms with van der Waals surface area (Å²) in [4.78, 5) is 19.3. The van der Waals surface area contributed by atoms with Crippen molar-refractivity contribution in [1.82, 2.24) is 15.5 Å². The van der Waals surface area contributed by atoms with Gasteiger partial charge < -0.3 is 20.4 Å². The van der Waals surface area contributed by atoms with Crippen LogP contribution in [-0.4, -0.2) is 57.8 Å². The fourth-order valence-electron chi connectivity index (χ4n) is 4.43. The summed E-state index contributed by atoms with van der Waals surface area (Å²) in [5.74, 6) is -0.217. The van der Waals surface area contributed by atoms with Gasteiger partial charge in [0.25, 0.3) is 0 Å². The summed E-state index contributed by atoms with van der Waals surface area (Å²) in [7, 11) is 4.06. The Morgan fingerprint density at radius 2 is 1.54 bits per heavy atom. The molecular weight excluding hydrogens is 441 g/mol. The number of carbonyl (C=O) groups excluding carboxylic acids is 1. The summed E-state index contributed by atoms with van der Waals surface area (Å²) in [6.45, 7) is 4.40. The topological polar surface area (TPSA) is 50.9 Å². The molecule has 4 rings (SSSR count). The average molecular weight is 476 g/mol. The van der Waals surface area contributed by atoms with Gasteiger partial charge >= 0.3 is 6.03 Å². The Labute approximate surface area is 207 Å². The van der Waals surface area contributed by atoms with Crippen LogP contribution in [0.25, 0.3) is 0 Å². The number of urea groups is 1. The van der Waals surface area contributed by atoms with Crippen LogP contribution in [0, 0.1) is 5.82 Å². The van der Waals surface area contributed by atoms with E-state index in [0.29, 0.717) is 13.1 Å². The molecule has 1 fully saturated rings. The summed E-state index contributed by atoms with van der Waals surface area (Å²) in [5, 5.41) is 6.03. The van der Waals surface area contributed by atoms with Gasteiger partial charge in [-0.15, -0.1) is 0 Å². The minimum Gasteiger partial charge on any atom is -0.378 e. The lowest BCUT2D eigenvalue weighted by Crippen LogP contribution is -2.50. The van der Waals surface area contributed by atoms with Gasteiger partial charge in [0.2, 0.25) is 0 Å². The zero-order valence-corrected chi connectivity index (χ0v) is 20.5. The standard InChI is InChI=1S/C28H34FN5O/c1-32(2)25-12-8-23(9-13-25)27(21-31-28(35)30-20-22-6-4-3-5-7-22)34-18-16-33(17-19-34)26-14-10-24(29)11-15-26/h3-15,27H,16-21H2,1-2H3,(H2,30,31,35). The molecule has 1 saturated heterocycles. The van der Waals surface area contributed by atoms with E-state index in [0.717, 1.165) is 43.1 Å². The van der Waals surface area contributed by atoms with Crippen molar-refractivity contribution in [3.05, 3.63) is 95.8 Å². The van der Waals surface area contributed by atoms with E-state index in [9.17, 15) is 9.18 Å². The van der Waals surface area contributed by atoms with Crippen LogP contribution < -0.4 is 20.4 Å². The van der Waals surface area contributed by atoms with Gasteiger partial charge in [0.1, 0.15) is 5.82 Å². The number of hydrogen-bond acceptors (Lipinski definition) is 4. The summed E-state index contributed by atoms with van der Waals surface area (Å²) in [6.07, 6.45) is 0. The van der Waals surface area contributed by atoms with E-state index in [2.05, 4.69) is 49.6 Å². The molecule has 1 heterocycles. The first kappa shape index (κ1) is 24.5. The summed E-state index contributed by atoms with van der Waals surface area (Å²) >= 11 is 0. The first-order valence-electron chi connectivity index (χ1n) is 12.1. The predicted octanol–water partition coefficient (Wildman–Crippen LogP) is 4.25. The third-order valence-electron chi connectivity index (χ3n) is 6.49. The highest BCUT2D eigenvalue weighted by atomic mass is 19.1. The zero-order chi connectivity index (χ0) is 24.6. The van der Waals surface area contributed by atoms with Crippen LogP contribution >= 0.6 is 0 Å². The molecule has 1 unspecified atom stereocenters. The number of rotatable bonds is 8. The van der Waals surface area contributed by atoms with E-state index in [1.165, 1.54) is 17.7 Å². The molecule has 7 heteroatoms. The summed E-state index contributed by atoms with van der Waals surface area (Å²) in [6, 6.07) is 25.0. The van der Waals surface area contributed by atoms with Crippen molar-refractivity contribution in [2.24, 2.45) is 0 Å². The van der Waals surface area contributed by atoms with Gasteiger partial charge in [-0.1, -0.05) is 42.5 Å². The smallest absolute Gasteiger partial charge is 0.315 e. The third-order valence-corrected chi connectivity index (χ3v) is 6.49. The van der Waals surface area contributed by atoms with E-state index in [4.69, 9.17) is 0 Å². The molecule has 0 spiro atoms. The maximum absolute atomic E-state index is 13.3. The van der Waals surface area contributed by atoms with Gasteiger partial charge in [0.05, 0.1) is 6.04 Å². The normalized spacial score (nSPS) is 14.9. The minimum atomic E-state index is -0.217. The van der Waals surface area contributed by atoms with Gasteiger partial charge in [-0.25, -0.2) is 9.18 Å². The van der Waals surface area contributed by atoms with E-state index in [-0.39, 0.29) is 17.9 Å². The van der Waals surface area contributed by atoms with Crippen LogP contribution in [0.1, 0.15) is 17.2 Å². The number of nitrogens with one attached hydrogen (secondary N) is 2. The van der Waals surface area contributed by atoms with E-state index in [1.54, 1.807) is 0 Å². The Hall–Kier alpha value is -3.58. The van der Waals surface area contributed by atoms with E-state index in [1.807, 2.05) is 56.6 Å². The number of hydrogen-bond donors (Lipinski definition) is 2. The molecule has 2 N–H and O–H groups in total. The van der Waals surface area contributed by atoms with Crippen molar-refractivity contribution in [2.75, 3.05) is 56.6 Å². The van der Waals surface area contributed by atoms with Gasteiger partial charge in [-0.05, 0) is 47.5 Å². The number of anilines is 2. The Morgan fingerprint density at radius 1 is 0.886 bits per heavy atom. The fourth-order valence-corrected chi connectivity index (χ4v) is 4.43. The zero-order valence-electron chi connectivity index (χ0n) is 20.5. The molecule has 0 saturated carbocycles. The molecule has 0 aromatic heterocycles. The molecule has 0 bridgehead atoms. The van der Waals surface area contributed by atoms with Crippen LogP contribution in [0.3, 0.4) is 0 Å². The lowest BCUT2D eigenvalue weighted by molar-refractivity contribution is 0.180. The number of benzene rings is 3. The molecule has 1 aliphatic heterocycles. The SMILES string of the molecule is CN(C)c1ccc(C(CNC(=O)NCc2ccccc2)N2CCN(c3ccc(F)cc3)CC2)cc1. The predicted molar refractivity (Wildman–Crippen MR) is 140 cm³/mol. The van der Waals surface area contributed by atoms with Gasteiger partial charge in [-0.3, -0.25) is 4.90 Å². The molecule has 1 atom stereocenters.